The normalized spacial score (nSPS) is 12.0. The predicted octanol–water partition coefficient (Wildman–Crippen LogP) is 3.16. The van der Waals surface area contributed by atoms with Crippen LogP contribution in [0.2, 0.25) is 12.6 Å². The van der Waals surface area contributed by atoms with Gasteiger partial charge in [0.05, 0.1) is 0 Å². The van der Waals surface area contributed by atoms with Crippen LogP contribution in [0.25, 0.3) is 0 Å². The van der Waals surface area contributed by atoms with Crippen LogP contribution in [0.1, 0.15) is 6.42 Å². The highest BCUT2D eigenvalue weighted by Gasteiger charge is 2.18. The minimum atomic E-state index is -1.82. The highest BCUT2D eigenvalue weighted by atomic mass is 35.7. The molecule has 0 nitrogen and oxygen atoms in total. The summed E-state index contributed by atoms with van der Waals surface area (Å²) in [7, 11) is 0. The largest absolute Gasteiger partial charge is 0.248 e. The number of alkyl halides is 1. The lowest BCUT2D eigenvalue weighted by atomic mass is 10.6. The molecule has 0 amide bonds. The lowest BCUT2D eigenvalue weighted by Gasteiger charge is -2.06. The van der Waals surface area contributed by atoms with Crippen LogP contribution in [-0.2, 0) is 0 Å². The standard InChI is InChI=1S/C4H9Cl3Si/c1-8(6,7)4-2-3-5/h2-4H2,1H3. The van der Waals surface area contributed by atoms with Gasteiger partial charge in [-0.2, -0.15) is 0 Å². The maximum atomic E-state index is 5.76. The van der Waals surface area contributed by atoms with Crippen molar-refractivity contribution in [3.8, 4) is 0 Å². The van der Waals surface area contributed by atoms with Crippen LogP contribution < -0.4 is 0 Å². The molecule has 0 aromatic rings. The molecule has 0 atom stereocenters. The average Bonchev–Trinajstić information content (AvgIpc) is 1.59. The van der Waals surface area contributed by atoms with Crippen molar-refractivity contribution in [3.05, 3.63) is 0 Å². The van der Waals surface area contributed by atoms with E-state index in [1.165, 1.54) is 0 Å². The van der Waals surface area contributed by atoms with Gasteiger partial charge in [0.25, 0.3) is 0 Å². The minimum absolute atomic E-state index is 0.669. The lowest BCUT2D eigenvalue weighted by molar-refractivity contribution is 1.08. The Hall–Kier alpha value is 1.09. The molecule has 0 saturated carbocycles. The van der Waals surface area contributed by atoms with E-state index < -0.39 is 6.69 Å². The van der Waals surface area contributed by atoms with Crippen molar-refractivity contribution >= 4 is 40.5 Å². The molecule has 0 aliphatic carbocycles. The molecule has 0 aromatic heterocycles. The predicted molar refractivity (Wildman–Crippen MR) is 43.5 cm³/mol. The molecule has 0 aliphatic heterocycles. The molecule has 0 aliphatic rings. The zero-order valence-electron chi connectivity index (χ0n) is 4.76. The molecule has 4 heteroatoms. The first-order valence-electron chi connectivity index (χ1n) is 2.50. The first kappa shape index (κ1) is 9.09. The van der Waals surface area contributed by atoms with E-state index in [0.717, 1.165) is 12.5 Å². The van der Waals surface area contributed by atoms with Crippen molar-refractivity contribution in [2.24, 2.45) is 0 Å². The summed E-state index contributed by atoms with van der Waals surface area (Å²) in [5.41, 5.74) is 0. The molecule has 50 valence electrons. The number of hydrogen-bond acceptors (Lipinski definition) is 0. The van der Waals surface area contributed by atoms with E-state index in [4.69, 9.17) is 33.8 Å². The molecule has 0 fully saturated rings. The van der Waals surface area contributed by atoms with E-state index in [1.54, 1.807) is 0 Å². The summed E-state index contributed by atoms with van der Waals surface area (Å²) in [6.07, 6.45) is 0.942. The fraction of sp³-hybridized carbons (Fsp3) is 1.00. The summed E-state index contributed by atoms with van der Waals surface area (Å²) in [5.74, 6) is 0.669. The molecule has 0 spiro atoms. The van der Waals surface area contributed by atoms with Crippen molar-refractivity contribution < 1.29 is 0 Å². The molecule has 0 aromatic carbocycles. The topological polar surface area (TPSA) is 0 Å². The van der Waals surface area contributed by atoms with Gasteiger partial charge >= 0.3 is 0 Å². The third-order valence-corrected chi connectivity index (χ3v) is 3.38. The van der Waals surface area contributed by atoms with Gasteiger partial charge in [-0.3, -0.25) is 0 Å². The number of rotatable bonds is 3. The third kappa shape index (κ3) is 7.09. The third-order valence-electron chi connectivity index (χ3n) is 0.749. The first-order valence-corrected chi connectivity index (χ1v) is 7.76. The van der Waals surface area contributed by atoms with Crippen molar-refractivity contribution in [1.29, 1.82) is 0 Å². The maximum Gasteiger partial charge on any atom is 0.248 e. The molecule has 0 radical (unpaired) electrons. The molecule has 0 saturated heterocycles. The molecular weight excluding hydrogens is 182 g/mol. The lowest BCUT2D eigenvalue weighted by Crippen LogP contribution is -2.11. The highest BCUT2D eigenvalue weighted by molar-refractivity contribution is 7.44. The van der Waals surface area contributed by atoms with Gasteiger partial charge < -0.3 is 0 Å². The smallest absolute Gasteiger partial charge is 0.146 e. The van der Waals surface area contributed by atoms with E-state index in [1.807, 2.05) is 6.55 Å². The summed E-state index contributed by atoms with van der Waals surface area (Å²) >= 11 is 16.9. The van der Waals surface area contributed by atoms with Crippen LogP contribution in [0, 0.1) is 0 Å². The second-order valence-electron chi connectivity index (χ2n) is 1.86. The van der Waals surface area contributed by atoms with E-state index in [9.17, 15) is 0 Å². The quantitative estimate of drug-likeness (QED) is 0.365. The Balaban J connectivity index is 3.11. The van der Waals surface area contributed by atoms with Crippen molar-refractivity contribution in [2.45, 2.75) is 19.0 Å². The van der Waals surface area contributed by atoms with Crippen LogP contribution in [0.5, 0.6) is 0 Å². The van der Waals surface area contributed by atoms with Gasteiger partial charge in [-0.25, -0.2) is 0 Å². The zero-order valence-corrected chi connectivity index (χ0v) is 8.02. The minimum Gasteiger partial charge on any atom is -0.146 e. The summed E-state index contributed by atoms with van der Waals surface area (Å²) < 4.78 is 0. The molecule has 8 heavy (non-hydrogen) atoms. The second-order valence-corrected chi connectivity index (χ2v) is 10.5. The van der Waals surface area contributed by atoms with Crippen LogP contribution in [0.4, 0.5) is 0 Å². The van der Waals surface area contributed by atoms with Crippen LogP contribution in [-0.4, -0.2) is 12.6 Å². The molecule has 0 N–H and O–H groups in total. The van der Waals surface area contributed by atoms with Crippen molar-refractivity contribution in [2.75, 3.05) is 5.88 Å². The molecule has 0 heterocycles. The van der Waals surface area contributed by atoms with Gasteiger partial charge in [-0.1, -0.05) is 0 Å². The van der Waals surface area contributed by atoms with Crippen molar-refractivity contribution in [3.63, 3.8) is 0 Å². The maximum absolute atomic E-state index is 5.76. The molecule has 0 unspecified atom stereocenters. The second kappa shape index (κ2) is 3.99. The Kier molecular flexibility index (Phi) is 4.53. The van der Waals surface area contributed by atoms with Gasteiger partial charge in [0.1, 0.15) is 0 Å². The first-order chi connectivity index (χ1) is 3.56. The van der Waals surface area contributed by atoms with Crippen molar-refractivity contribution in [1.82, 2.24) is 0 Å². The highest BCUT2D eigenvalue weighted by Crippen LogP contribution is 2.21. The average molecular weight is 192 g/mol. The Morgan fingerprint density at radius 3 is 2.00 bits per heavy atom. The Morgan fingerprint density at radius 2 is 1.88 bits per heavy atom. The van der Waals surface area contributed by atoms with Gasteiger partial charge in [-0.15, -0.1) is 33.8 Å². The van der Waals surface area contributed by atoms with Gasteiger partial charge in [0.2, 0.25) is 6.69 Å². The van der Waals surface area contributed by atoms with Gasteiger partial charge in [-0.05, 0) is 19.0 Å². The van der Waals surface area contributed by atoms with E-state index in [-0.39, 0.29) is 0 Å². The van der Waals surface area contributed by atoms with Gasteiger partial charge in [0.15, 0.2) is 0 Å². The number of halogens is 3. The monoisotopic (exact) mass is 190 g/mol. The number of hydrogen-bond donors (Lipinski definition) is 0. The zero-order chi connectivity index (χ0) is 6.62. The Bertz CT molecular complexity index is 58.8. The van der Waals surface area contributed by atoms with Crippen LogP contribution in [0.3, 0.4) is 0 Å². The van der Waals surface area contributed by atoms with E-state index in [0.29, 0.717) is 5.88 Å². The van der Waals surface area contributed by atoms with E-state index in [2.05, 4.69) is 0 Å². The molecule has 0 rings (SSSR count). The SMILES string of the molecule is C[Si](Cl)(Cl)CCCCl. The summed E-state index contributed by atoms with van der Waals surface area (Å²) in [5, 5.41) is 0. The summed E-state index contributed by atoms with van der Waals surface area (Å²) in [6, 6.07) is 0.902. The summed E-state index contributed by atoms with van der Waals surface area (Å²) in [4.78, 5) is 0. The fourth-order valence-electron chi connectivity index (χ4n) is 0.377. The Labute approximate surface area is 65.5 Å². The van der Waals surface area contributed by atoms with E-state index >= 15 is 0 Å². The van der Waals surface area contributed by atoms with Crippen LogP contribution >= 0.6 is 33.8 Å². The van der Waals surface area contributed by atoms with Crippen LogP contribution in [0.15, 0.2) is 0 Å². The fourth-order valence-corrected chi connectivity index (χ4v) is 2.33. The Morgan fingerprint density at radius 1 is 1.38 bits per heavy atom. The summed E-state index contributed by atoms with van der Waals surface area (Å²) in [6.45, 7) is 0.0872. The van der Waals surface area contributed by atoms with Gasteiger partial charge in [0, 0.05) is 5.88 Å². The molecular formula is C4H9Cl3Si. The molecule has 0 bridgehead atoms.